The summed E-state index contributed by atoms with van der Waals surface area (Å²) in [5, 5.41) is 0. The van der Waals surface area contributed by atoms with Crippen LogP contribution in [0.25, 0.3) is 0 Å². The molecule has 74 valence electrons. The van der Waals surface area contributed by atoms with Crippen LogP contribution in [-0.2, 0) is 9.31 Å². The Labute approximate surface area is 83.8 Å². The Morgan fingerprint density at radius 1 is 1.21 bits per heavy atom. The summed E-state index contributed by atoms with van der Waals surface area (Å²) in [6.07, 6.45) is 3.38. The highest BCUT2D eigenvalue weighted by molar-refractivity contribution is 6.59. The summed E-state index contributed by atoms with van der Waals surface area (Å²) in [6.45, 7) is 5.57. The van der Waals surface area contributed by atoms with Crippen LogP contribution in [0.3, 0.4) is 0 Å². The maximum absolute atomic E-state index is 5.53. The maximum atomic E-state index is 5.53. The van der Waals surface area contributed by atoms with Gasteiger partial charge in [-0.15, -0.1) is 0 Å². The van der Waals surface area contributed by atoms with E-state index in [4.69, 9.17) is 9.31 Å². The van der Waals surface area contributed by atoms with E-state index in [2.05, 4.69) is 23.8 Å². The summed E-state index contributed by atoms with van der Waals surface area (Å²) in [4.78, 5) is 8.18. The summed E-state index contributed by atoms with van der Waals surface area (Å²) in [7, 11) is -0.399. The van der Waals surface area contributed by atoms with Gasteiger partial charge in [-0.1, -0.05) is 13.8 Å². The summed E-state index contributed by atoms with van der Waals surface area (Å²) >= 11 is 0. The normalized spacial score (nSPS) is 20.9. The topological polar surface area (TPSA) is 44.2 Å². The molecule has 2 heterocycles. The van der Waals surface area contributed by atoms with E-state index in [0.29, 0.717) is 18.9 Å². The molecule has 1 aliphatic heterocycles. The molecule has 1 saturated heterocycles. The first kappa shape index (κ1) is 9.61. The van der Waals surface area contributed by atoms with Gasteiger partial charge in [-0.05, 0) is 6.07 Å². The minimum atomic E-state index is -0.399. The third-order valence-electron chi connectivity index (χ3n) is 2.05. The van der Waals surface area contributed by atoms with Crippen molar-refractivity contribution < 1.29 is 9.31 Å². The van der Waals surface area contributed by atoms with Crippen molar-refractivity contribution in [2.24, 2.45) is 5.41 Å². The Morgan fingerprint density at radius 2 is 1.79 bits per heavy atom. The van der Waals surface area contributed by atoms with Gasteiger partial charge in [0.1, 0.15) is 0 Å². The first-order chi connectivity index (χ1) is 6.67. The molecule has 0 amide bonds. The molecule has 1 aliphatic rings. The molecule has 1 fully saturated rings. The minimum absolute atomic E-state index is 0.0886. The lowest BCUT2D eigenvalue weighted by molar-refractivity contribution is 0.0336. The Balaban J connectivity index is 2.03. The molecular weight excluding hydrogens is 179 g/mol. The summed E-state index contributed by atoms with van der Waals surface area (Å²) in [5.41, 5.74) is 0.689. The minimum Gasteiger partial charge on any atom is -0.405 e. The van der Waals surface area contributed by atoms with Crippen molar-refractivity contribution in [3.63, 3.8) is 0 Å². The lowest BCUT2D eigenvalue weighted by Gasteiger charge is -2.32. The average molecular weight is 192 g/mol. The third kappa shape index (κ3) is 2.11. The van der Waals surface area contributed by atoms with Crippen molar-refractivity contribution in [1.82, 2.24) is 9.97 Å². The predicted octanol–water partition coefficient (Wildman–Crippen LogP) is 0.245. The van der Waals surface area contributed by atoms with Crippen molar-refractivity contribution >= 4 is 12.8 Å². The van der Waals surface area contributed by atoms with Gasteiger partial charge in [-0.25, -0.2) is 9.97 Å². The van der Waals surface area contributed by atoms with E-state index in [1.54, 1.807) is 18.5 Å². The van der Waals surface area contributed by atoms with Crippen LogP contribution in [0.15, 0.2) is 18.5 Å². The smallest absolute Gasteiger partial charge is 0.405 e. The zero-order chi connectivity index (χ0) is 10.0. The fourth-order valence-corrected chi connectivity index (χ4v) is 1.27. The van der Waals surface area contributed by atoms with Gasteiger partial charge in [-0.2, -0.15) is 0 Å². The van der Waals surface area contributed by atoms with Gasteiger partial charge in [0.05, 0.1) is 0 Å². The number of hydrogen-bond acceptors (Lipinski definition) is 4. The molecule has 0 aromatic carbocycles. The molecule has 0 saturated carbocycles. The highest BCUT2D eigenvalue weighted by Gasteiger charge is 2.35. The molecule has 14 heavy (non-hydrogen) atoms. The van der Waals surface area contributed by atoms with E-state index >= 15 is 0 Å². The lowest BCUT2D eigenvalue weighted by atomic mass is 9.83. The molecule has 1 aromatic heterocycles. The quantitative estimate of drug-likeness (QED) is 0.598. The van der Waals surface area contributed by atoms with Crippen LogP contribution in [0, 0.1) is 5.41 Å². The Bertz CT molecular complexity index is 295. The summed E-state index contributed by atoms with van der Waals surface area (Å²) in [6, 6.07) is 1.77. The molecule has 0 radical (unpaired) electrons. The molecular formula is C9H13BN2O2. The predicted molar refractivity (Wildman–Crippen MR) is 53.1 cm³/mol. The van der Waals surface area contributed by atoms with Crippen LogP contribution in [0.4, 0.5) is 0 Å². The molecule has 0 spiro atoms. The maximum Gasteiger partial charge on any atom is 0.533 e. The van der Waals surface area contributed by atoms with Crippen LogP contribution < -0.4 is 5.72 Å². The molecule has 4 nitrogen and oxygen atoms in total. The molecule has 0 atom stereocenters. The van der Waals surface area contributed by atoms with Gasteiger partial charge in [0.25, 0.3) is 0 Å². The van der Waals surface area contributed by atoms with Crippen LogP contribution in [0.2, 0.25) is 0 Å². The van der Waals surface area contributed by atoms with Crippen molar-refractivity contribution in [1.29, 1.82) is 0 Å². The van der Waals surface area contributed by atoms with E-state index in [0.717, 1.165) is 0 Å². The summed E-state index contributed by atoms with van der Waals surface area (Å²) in [5.74, 6) is 0. The van der Waals surface area contributed by atoms with E-state index in [9.17, 15) is 0 Å². The fraction of sp³-hybridized carbons (Fsp3) is 0.556. The molecule has 2 rings (SSSR count). The molecule has 0 N–H and O–H groups in total. The van der Waals surface area contributed by atoms with Gasteiger partial charge in [0, 0.05) is 31.0 Å². The SMILES string of the molecule is CC1(C)COB(c2ncccn2)OC1. The molecule has 5 heteroatoms. The van der Waals surface area contributed by atoms with Crippen LogP contribution in [0.1, 0.15) is 13.8 Å². The van der Waals surface area contributed by atoms with E-state index in [-0.39, 0.29) is 5.41 Å². The van der Waals surface area contributed by atoms with Gasteiger partial charge in [0.15, 0.2) is 5.72 Å². The number of hydrogen-bond donors (Lipinski definition) is 0. The standard InChI is InChI=1S/C9H13BN2O2/c1-9(2)6-13-10(14-7-9)8-11-4-3-5-12-8/h3-5H,6-7H2,1-2H3. The van der Waals surface area contributed by atoms with Crippen molar-refractivity contribution in [2.75, 3.05) is 13.2 Å². The molecule has 0 aliphatic carbocycles. The number of nitrogens with zero attached hydrogens (tertiary/aromatic N) is 2. The lowest BCUT2D eigenvalue weighted by Crippen LogP contribution is -2.49. The Kier molecular flexibility index (Phi) is 2.52. The van der Waals surface area contributed by atoms with Gasteiger partial charge in [0.2, 0.25) is 0 Å². The van der Waals surface area contributed by atoms with E-state index in [1.807, 2.05) is 0 Å². The van der Waals surface area contributed by atoms with E-state index in [1.165, 1.54) is 0 Å². The van der Waals surface area contributed by atoms with Crippen molar-refractivity contribution in [3.8, 4) is 0 Å². The first-order valence-corrected chi connectivity index (χ1v) is 4.67. The second-order valence-electron chi connectivity index (χ2n) is 4.23. The second-order valence-corrected chi connectivity index (χ2v) is 4.23. The molecule has 1 aromatic rings. The van der Waals surface area contributed by atoms with Gasteiger partial charge < -0.3 is 9.31 Å². The van der Waals surface area contributed by atoms with Crippen LogP contribution >= 0.6 is 0 Å². The number of rotatable bonds is 1. The first-order valence-electron chi connectivity index (χ1n) is 4.67. The second kappa shape index (κ2) is 3.67. The number of aromatic nitrogens is 2. The Morgan fingerprint density at radius 3 is 2.36 bits per heavy atom. The average Bonchev–Trinajstić information content (AvgIpc) is 2.19. The van der Waals surface area contributed by atoms with Crippen molar-refractivity contribution in [2.45, 2.75) is 13.8 Å². The Hall–Kier alpha value is -0.935. The highest BCUT2D eigenvalue weighted by atomic mass is 16.6. The molecule has 0 bridgehead atoms. The highest BCUT2D eigenvalue weighted by Crippen LogP contribution is 2.20. The zero-order valence-electron chi connectivity index (χ0n) is 8.43. The molecule has 0 unspecified atom stereocenters. The third-order valence-corrected chi connectivity index (χ3v) is 2.05. The van der Waals surface area contributed by atoms with Crippen LogP contribution in [0.5, 0.6) is 0 Å². The van der Waals surface area contributed by atoms with Crippen LogP contribution in [-0.4, -0.2) is 30.3 Å². The fourth-order valence-electron chi connectivity index (χ4n) is 1.27. The van der Waals surface area contributed by atoms with E-state index < -0.39 is 7.12 Å². The van der Waals surface area contributed by atoms with Crippen molar-refractivity contribution in [3.05, 3.63) is 18.5 Å². The van der Waals surface area contributed by atoms with Gasteiger partial charge in [-0.3, -0.25) is 0 Å². The summed E-state index contributed by atoms with van der Waals surface area (Å²) < 4.78 is 11.1. The zero-order valence-corrected chi connectivity index (χ0v) is 8.43. The van der Waals surface area contributed by atoms with Gasteiger partial charge >= 0.3 is 7.12 Å². The monoisotopic (exact) mass is 192 g/mol. The largest absolute Gasteiger partial charge is 0.533 e.